The van der Waals surface area contributed by atoms with Gasteiger partial charge in [0.15, 0.2) is 0 Å². The Balaban J connectivity index is 1.70. The molecule has 1 saturated heterocycles. The normalized spacial score (nSPS) is 19.2. The van der Waals surface area contributed by atoms with Crippen LogP contribution in [-0.4, -0.2) is 21.7 Å². The molecule has 0 aliphatic carbocycles. The van der Waals surface area contributed by atoms with Crippen molar-refractivity contribution < 1.29 is 9.63 Å². The van der Waals surface area contributed by atoms with Gasteiger partial charge in [-0.25, -0.2) is 0 Å². The van der Waals surface area contributed by atoms with E-state index >= 15 is 0 Å². The fourth-order valence-electron chi connectivity index (χ4n) is 3.04. The molecule has 2 heterocycles. The molecule has 0 bridgehead atoms. The molecule has 1 aromatic heterocycles. The van der Waals surface area contributed by atoms with Crippen LogP contribution < -0.4 is 0 Å². The molecule has 0 spiro atoms. The summed E-state index contributed by atoms with van der Waals surface area (Å²) in [6.07, 6.45) is 4.36. The molecule has 1 aromatic carbocycles. The molecule has 1 atom stereocenters. The second kappa shape index (κ2) is 6.31. The molecule has 1 aliphatic heterocycles. The monoisotopic (exact) mass is 286 g/mol. The minimum absolute atomic E-state index is 0.317. The van der Waals surface area contributed by atoms with Crippen LogP contribution in [0.25, 0.3) is 0 Å². The van der Waals surface area contributed by atoms with Crippen molar-refractivity contribution >= 4 is 0 Å². The Kier molecular flexibility index (Phi) is 4.25. The number of phenols is 1. The lowest BCUT2D eigenvalue weighted by molar-refractivity contribution is 0.236. The fraction of sp³-hybridized carbons (Fsp3) is 0.471. The summed E-state index contributed by atoms with van der Waals surface area (Å²) in [6, 6.07) is 9.93. The van der Waals surface area contributed by atoms with Gasteiger partial charge >= 0.3 is 0 Å². The molecule has 1 fully saturated rings. The zero-order valence-corrected chi connectivity index (χ0v) is 12.5. The molecule has 1 aliphatic rings. The van der Waals surface area contributed by atoms with E-state index in [1.54, 1.807) is 12.1 Å². The van der Waals surface area contributed by atoms with Crippen molar-refractivity contribution in [1.29, 1.82) is 0 Å². The summed E-state index contributed by atoms with van der Waals surface area (Å²) in [4.78, 5) is 2.44. The van der Waals surface area contributed by atoms with Crippen LogP contribution in [0, 0.1) is 0 Å². The van der Waals surface area contributed by atoms with Crippen molar-refractivity contribution in [2.75, 3.05) is 6.54 Å². The molecule has 1 unspecified atom stereocenters. The summed E-state index contributed by atoms with van der Waals surface area (Å²) in [5.74, 6) is 1.31. The molecule has 4 heteroatoms. The van der Waals surface area contributed by atoms with Gasteiger partial charge < -0.3 is 9.63 Å². The second-order valence-electron chi connectivity index (χ2n) is 5.76. The van der Waals surface area contributed by atoms with Gasteiger partial charge in [-0.05, 0) is 43.5 Å². The van der Waals surface area contributed by atoms with E-state index in [2.05, 4.69) is 23.0 Å². The number of aromatic hydroxyl groups is 1. The summed E-state index contributed by atoms with van der Waals surface area (Å²) in [7, 11) is 0. The summed E-state index contributed by atoms with van der Waals surface area (Å²) in [6.45, 7) is 4.12. The average Bonchev–Trinajstić information content (AvgIpc) is 3.11. The van der Waals surface area contributed by atoms with Crippen molar-refractivity contribution in [1.82, 2.24) is 10.1 Å². The van der Waals surface area contributed by atoms with Crippen LogP contribution in [0.5, 0.6) is 5.75 Å². The highest BCUT2D eigenvalue weighted by atomic mass is 16.5. The first-order chi connectivity index (χ1) is 10.3. The predicted octanol–water partition coefficient (Wildman–Crippen LogP) is 3.67. The van der Waals surface area contributed by atoms with Gasteiger partial charge in [-0.3, -0.25) is 4.90 Å². The maximum absolute atomic E-state index is 9.36. The van der Waals surface area contributed by atoms with E-state index in [0.717, 1.165) is 43.8 Å². The maximum atomic E-state index is 9.36. The standard InChI is InChI=1S/C17H22N2O2/c1-2-4-15-11-16(18-21-15)17-5-3-10-19(17)12-13-6-8-14(20)9-7-13/h6-9,11,17,20H,2-5,10,12H2,1H3. The Hall–Kier alpha value is -1.81. The lowest BCUT2D eigenvalue weighted by atomic mass is 10.1. The summed E-state index contributed by atoms with van der Waals surface area (Å²) in [5.41, 5.74) is 2.28. The van der Waals surface area contributed by atoms with Gasteiger partial charge in [0.1, 0.15) is 17.2 Å². The Bertz CT molecular complexity index is 577. The summed E-state index contributed by atoms with van der Waals surface area (Å²) in [5, 5.41) is 13.6. The number of aromatic nitrogens is 1. The number of hydrogen-bond donors (Lipinski definition) is 1. The predicted molar refractivity (Wildman–Crippen MR) is 81.0 cm³/mol. The van der Waals surface area contributed by atoms with Crippen LogP contribution in [0.4, 0.5) is 0 Å². The highest BCUT2D eigenvalue weighted by Crippen LogP contribution is 2.33. The minimum atomic E-state index is 0.317. The van der Waals surface area contributed by atoms with E-state index in [1.165, 1.54) is 12.0 Å². The lowest BCUT2D eigenvalue weighted by Crippen LogP contribution is -2.22. The first kappa shape index (κ1) is 14.1. The van der Waals surface area contributed by atoms with Crippen LogP contribution in [0.2, 0.25) is 0 Å². The second-order valence-corrected chi connectivity index (χ2v) is 5.76. The van der Waals surface area contributed by atoms with Crippen LogP contribution in [-0.2, 0) is 13.0 Å². The van der Waals surface area contributed by atoms with Crippen molar-refractivity contribution in [3.05, 3.63) is 47.3 Å². The quantitative estimate of drug-likeness (QED) is 0.911. The van der Waals surface area contributed by atoms with Gasteiger partial charge in [-0.2, -0.15) is 0 Å². The summed E-state index contributed by atoms with van der Waals surface area (Å²) < 4.78 is 5.42. The Labute approximate surface area is 125 Å². The molecular weight excluding hydrogens is 264 g/mol. The van der Waals surface area contributed by atoms with Crippen LogP contribution in [0.15, 0.2) is 34.9 Å². The van der Waals surface area contributed by atoms with Gasteiger partial charge in [0.05, 0.1) is 6.04 Å². The molecule has 112 valence electrons. The minimum Gasteiger partial charge on any atom is -0.508 e. The SMILES string of the molecule is CCCc1cc(C2CCCN2Cc2ccc(O)cc2)no1. The first-order valence-corrected chi connectivity index (χ1v) is 7.73. The summed E-state index contributed by atoms with van der Waals surface area (Å²) >= 11 is 0. The third kappa shape index (κ3) is 3.27. The fourth-order valence-corrected chi connectivity index (χ4v) is 3.04. The van der Waals surface area contributed by atoms with E-state index in [9.17, 15) is 5.11 Å². The number of rotatable bonds is 5. The Morgan fingerprint density at radius 1 is 1.33 bits per heavy atom. The largest absolute Gasteiger partial charge is 0.508 e. The van der Waals surface area contributed by atoms with E-state index in [1.807, 2.05) is 12.1 Å². The van der Waals surface area contributed by atoms with Crippen molar-refractivity contribution in [2.24, 2.45) is 0 Å². The van der Waals surface area contributed by atoms with Gasteiger partial charge in [0.2, 0.25) is 0 Å². The van der Waals surface area contributed by atoms with E-state index < -0.39 is 0 Å². The molecule has 3 rings (SSSR count). The van der Waals surface area contributed by atoms with E-state index in [0.29, 0.717) is 11.8 Å². The topological polar surface area (TPSA) is 49.5 Å². The Morgan fingerprint density at radius 2 is 2.14 bits per heavy atom. The number of hydrogen-bond acceptors (Lipinski definition) is 4. The first-order valence-electron chi connectivity index (χ1n) is 7.73. The molecule has 0 radical (unpaired) electrons. The van der Waals surface area contributed by atoms with Crippen molar-refractivity contribution in [3.63, 3.8) is 0 Å². The van der Waals surface area contributed by atoms with Gasteiger partial charge in [-0.1, -0.05) is 24.2 Å². The molecule has 1 N–H and O–H groups in total. The number of aryl methyl sites for hydroxylation is 1. The van der Waals surface area contributed by atoms with Crippen LogP contribution in [0.3, 0.4) is 0 Å². The van der Waals surface area contributed by atoms with Crippen molar-refractivity contribution in [2.45, 2.75) is 45.2 Å². The molecule has 21 heavy (non-hydrogen) atoms. The van der Waals surface area contributed by atoms with Crippen LogP contribution in [0.1, 0.15) is 49.2 Å². The zero-order valence-electron chi connectivity index (χ0n) is 12.5. The van der Waals surface area contributed by atoms with Gasteiger partial charge in [0.25, 0.3) is 0 Å². The van der Waals surface area contributed by atoms with Gasteiger partial charge in [0, 0.05) is 19.0 Å². The zero-order chi connectivity index (χ0) is 14.7. The molecule has 0 amide bonds. The highest BCUT2D eigenvalue weighted by molar-refractivity contribution is 5.26. The molecular formula is C17H22N2O2. The third-order valence-corrected chi connectivity index (χ3v) is 4.10. The molecule has 2 aromatic rings. The third-order valence-electron chi connectivity index (χ3n) is 4.10. The van der Waals surface area contributed by atoms with E-state index in [4.69, 9.17) is 4.52 Å². The van der Waals surface area contributed by atoms with E-state index in [-0.39, 0.29) is 0 Å². The number of phenolic OH excluding ortho intramolecular Hbond substituents is 1. The smallest absolute Gasteiger partial charge is 0.137 e. The number of benzene rings is 1. The van der Waals surface area contributed by atoms with Crippen LogP contribution >= 0.6 is 0 Å². The molecule has 4 nitrogen and oxygen atoms in total. The average molecular weight is 286 g/mol. The highest BCUT2D eigenvalue weighted by Gasteiger charge is 2.28. The molecule has 0 saturated carbocycles. The van der Waals surface area contributed by atoms with Crippen molar-refractivity contribution in [3.8, 4) is 5.75 Å². The lowest BCUT2D eigenvalue weighted by Gasteiger charge is -2.22. The maximum Gasteiger partial charge on any atom is 0.137 e. The Morgan fingerprint density at radius 3 is 2.90 bits per heavy atom. The van der Waals surface area contributed by atoms with Gasteiger partial charge in [-0.15, -0.1) is 0 Å². The number of likely N-dealkylation sites (tertiary alicyclic amines) is 1. The number of nitrogens with zero attached hydrogens (tertiary/aromatic N) is 2.